The molecule has 0 radical (unpaired) electrons. The van der Waals surface area contributed by atoms with Crippen LogP contribution in [-0.4, -0.2) is 63.3 Å². The number of aromatic amines is 1. The molecule has 1 heterocycles. The Hall–Kier alpha value is -2.89. The predicted molar refractivity (Wildman–Crippen MR) is 138 cm³/mol. The first-order chi connectivity index (χ1) is 17.9. The molecule has 0 fully saturated rings. The van der Waals surface area contributed by atoms with Gasteiger partial charge in [0.2, 0.25) is 0 Å². The molecule has 0 aliphatic carbocycles. The fourth-order valence-corrected chi connectivity index (χ4v) is 5.30. The smallest absolute Gasteiger partial charge is 0.330 e. The standard InChI is InChI=1S/C23H29FN3O9PS/c1-5-18(29)19(35-21(12-28)27-11-10-20(30)25-23(27)32)13-33-37(38,26-15(4)22(31)34-14(2)3)36-17-8-6-16(24)7-9-17/h1,6-11,14-15,18-19,21,28-29H,12-13H2,2-4H3,(H,26,38)(H,25,30,32)/t15?,18-,19+,21+,37?/m0/s1. The van der Waals surface area contributed by atoms with E-state index in [1.54, 1.807) is 13.8 Å². The average molecular weight is 574 g/mol. The van der Waals surface area contributed by atoms with Crippen LogP contribution in [-0.2, 0) is 30.6 Å². The highest BCUT2D eigenvalue weighted by Crippen LogP contribution is 2.45. The van der Waals surface area contributed by atoms with Crippen molar-refractivity contribution in [3.8, 4) is 18.1 Å². The Morgan fingerprint density at radius 1 is 1.26 bits per heavy atom. The first kappa shape index (κ1) is 31.3. The summed E-state index contributed by atoms with van der Waals surface area (Å²) < 4.78 is 36.6. The number of rotatable bonds is 14. The normalized spacial score (nSPS) is 16.1. The molecule has 0 saturated carbocycles. The molecule has 15 heteroatoms. The molecule has 12 nitrogen and oxygen atoms in total. The summed E-state index contributed by atoms with van der Waals surface area (Å²) in [5.74, 6) is 1.02. The minimum atomic E-state index is -3.63. The zero-order chi connectivity index (χ0) is 28.5. The number of carbonyl (C=O) groups excluding carboxylic acids is 1. The summed E-state index contributed by atoms with van der Waals surface area (Å²) in [4.78, 5) is 37.9. The fourth-order valence-electron chi connectivity index (χ4n) is 2.88. The molecule has 1 aromatic heterocycles. The van der Waals surface area contributed by atoms with Crippen molar-refractivity contribution in [1.29, 1.82) is 0 Å². The van der Waals surface area contributed by atoms with Gasteiger partial charge in [0.15, 0.2) is 6.23 Å². The number of carbonyl (C=O) groups is 1. The maximum atomic E-state index is 13.4. The summed E-state index contributed by atoms with van der Waals surface area (Å²) >= 11 is 5.56. The first-order valence-electron chi connectivity index (χ1n) is 11.3. The highest BCUT2D eigenvalue weighted by atomic mass is 32.5. The molecule has 0 bridgehead atoms. The third-order valence-corrected chi connectivity index (χ3v) is 7.18. The molecular weight excluding hydrogens is 544 g/mol. The predicted octanol–water partition coefficient (Wildman–Crippen LogP) is 0.796. The summed E-state index contributed by atoms with van der Waals surface area (Å²) in [6, 6.07) is 4.90. The first-order valence-corrected chi connectivity index (χ1v) is 13.9. The molecule has 38 heavy (non-hydrogen) atoms. The second-order valence-corrected chi connectivity index (χ2v) is 11.3. The van der Waals surface area contributed by atoms with Crippen molar-refractivity contribution in [1.82, 2.24) is 14.6 Å². The van der Waals surface area contributed by atoms with Crippen LogP contribution in [0.5, 0.6) is 5.75 Å². The minimum Gasteiger partial charge on any atom is -0.462 e. The van der Waals surface area contributed by atoms with Gasteiger partial charge < -0.3 is 28.7 Å². The van der Waals surface area contributed by atoms with E-state index < -0.39 is 73.5 Å². The summed E-state index contributed by atoms with van der Waals surface area (Å²) in [5, 5.41) is 22.9. The van der Waals surface area contributed by atoms with Crippen molar-refractivity contribution in [2.24, 2.45) is 0 Å². The highest BCUT2D eigenvalue weighted by Gasteiger charge is 2.32. The lowest BCUT2D eigenvalue weighted by atomic mass is 10.2. The van der Waals surface area contributed by atoms with E-state index in [0.29, 0.717) is 0 Å². The van der Waals surface area contributed by atoms with Crippen molar-refractivity contribution in [3.63, 3.8) is 0 Å². The van der Waals surface area contributed by atoms with Crippen LogP contribution in [0.2, 0.25) is 0 Å². The van der Waals surface area contributed by atoms with Crippen LogP contribution in [0.25, 0.3) is 0 Å². The van der Waals surface area contributed by atoms with Crippen LogP contribution in [0.15, 0.2) is 46.1 Å². The number of esters is 1. The average Bonchev–Trinajstić information content (AvgIpc) is 2.85. The molecule has 208 valence electrons. The molecule has 5 atom stereocenters. The number of terminal acetylenes is 1. The summed E-state index contributed by atoms with van der Waals surface area (Å²) in [5.41, 5.74) is -1.54. The van der Waals surface area contributed by atoms with E-state index in [1.165, 1.54) is 19.1 Å². The van der Waals surface area contributed by atoms with Crippen LogP contribution in [0.4, 0.5) is 4.39 Å². The van der Waals surface area contributed by atoms with E-state index in [-0.39, 0.29) is 5.75 Å². The summed E-state index contributed by atoms with van der Waals surface area (Å²) in [6.07, 6.45) is 1.70. The van der Waals surface area contributed by atoms with Crippen molar-refractivity contribution in [2.75, 3.05) is 13.2 Å². The summed E-state index contributed by atoms with van der Waals surface area (Å²) in [7, 11) is 0. The van der Waals surface area contributed by atoms with Crippen LogP contribution >= 0.6 is 6.64 Å². The van der Waals surface area contributed by atoms with E-state index in [0.717, 1.165) is 29.0 Å². The van der Waals surface area contributed by atoms with E-state index in [2.05, 4.69) is 11.0 Å². The van der Waals surface area contributed by atoms with Crippen molar-refractivity contribution in [2.45, 2.75) is 51.4 Å². The Morgan fingerprint density at radius 2 is 1.92 bits per heavy atom. The third kappa shape index (κ3) is 9.45. The quantitative estimate of drug-likeness (QED) is 0.144. The highest BCUT2D eigenvalue weighted by molar-refractivity contribution is 8.09. The third-order valence-electron chi connectivity index (χ3n) is 4.68. The number of nitrogens with one attached hydrogen (secondary N) is 2. The number of ether oxygens (including phenoxy) is 2. The van der Waals surface area contributed by atoms with Crippen LogP contribution in [0.1, 0.15) is 27.0 Å². The van der Waals surface area contributed by atoms with Gasteiger partial charge in [-0.15, -0.1) is 6.42 Å². The minimum absolute atomic E-state index is 0.120. The van der Waals surface area contributed by atoms with Crippen LogP contribution < -0.4 is 20.9 Å². The van der Waals surface area contributed by atoms with Crippen LogP contribution in [0.3, 0.4) is 0 Å². The van der Waals surface area contributed by atoms with E-state index >= 15 is 0 Å². The number of aliphatic hydroxyl groups is 2. The zero-order valence-electron chi connectivity index (χ0n) is 20.8. The zero-order valence-corrected chi connectivity index (χ0v) is 22.5. The molecule has 0 saturated heterocycles. The Labute approximate surface area is 222 Å². The van der Waals surface area contributed by atoms with Gasteiger partial charge in [0.1, 0.15) is 29.8 Å². The Morgan fingerprint density at radius 3 is 2.47 bits per heavy atom. The van der Waals surface area contributed by atoms with Gasteiger partial charge in [-0.2, -0.15) is 0 Å². The molecule has 0 spiro atoms. The van der Waals surface area contributed by atoms with Crippen molar-refractivity contribution >= 4 is 24.4 Å². The van der Waals surface area contributed by atoms with E-state index in [9.17, 15) is 29.0 Å². The van der Waals surface area contributed by atoms with Crippen LogP contribution in [0, 0.1) is 18.2 Å². The number of aromatic nitrogens is 2. The second kappa shape index (κ2) is 14.3. The second-order valence-electron chi connectivity index (χ2n) is 8.12. The van der Waals surface area contributed by atoms with Gasteiger partial charge in [-0.1, -0.05) is 5.92 Å². The monoisotopic (exact) mass is 573 g/mol. The van der Waals surface area contributed by atoms with Gasteiger partial charge in [0, 0.05) is 12.3 Å². The Balaban J connectivity index is 2.30. The number of halogens is 1. The Bertz CT molecular complexity index is 1280. The number of hydrogen-bond acceptors (Lipinski definition) is 10. The molecule has 2 rings (SSSR count). The van der Waals surface area contributed by atoms with E-state index in [1.807, 2.05) is 4.98 Å². The number of nitrogens with zero attached hydrogens (tertiary/aromatic N) is 1. The number of hydrogen-bond donors (Lipinski definition) is 4. The lowest BCUT2D eigenvalue weighted by Gasteiger charge is -2.30. The van der Waals surface area contributed by atoms with Crippen molar-refractivity contribution < 1.29 is 37.9 Å². The number of aliphatic hydroxyl groups excluding tert-OH is 2. The summed E-state index contributed by atoms with van der Waals surface area (Å²) in [6.45, 7) is -0.0974. The lowest BCUT2D eigenvalue weighted by molar-refractivity contribution is -0.149. The van der Waals surface area contributed by atoms with Gasteiger partial charge in [0.25, 0.3) is 5.56 Å². The SMILES string of the molecule is C#C[C@H](O)[C@@H](COP(=S)(NC(C)C(=O)OC(C)C)Oc1ccc(F)cc1)O[C@H](CO)n1ccc(=O)[nH]c1=O. The van der Waals surface area contributed by atoms with Crippen molar-refractivity contribution in [3.05, 3.63) is 63.2 Å². The fraction of sp³-hybridized carbons (Fsp3) is 0.435. The van der Waals surface area contributed by atoms with Gasteiger partial charge in [0.05, 0.1) is 19.3 Å². The molecule has 2 unspecified atom stereocenters. The molecule has 1 aromatic carbocycles. The van der Waals surface area contributed by atoms with Gasteiger partial charge in [-0.05, 0) is 56.8 Å². The number of benzene rings is 1. The van der Waals surface area contributed by atoms with Gasteiger partial charge in [-0.25, -0.2) is 14.3 Å². The number of H-pyrrole nitrogens is 1. The maximum Gasteiger partial charge on any atom is 0.330 e. The molecule has 0 amide bonds. The van der Waals surface area contributed by atoms with Gasteiger partial charge in [-0.3, -0.25) is 19.1 Å². The Kier molecular flexibility index (Phi) is 11.8. The molecule has 2 aromatic rings. The lowest BCUT2D eigenvalue weighted by Crippen LogP contribution is -2.41. The molecular formula is C23H29FN3O9PS. The molecule has 0 aliphatic rings. The van der Waals surface area contributed by atoms with Gasteiger partial charge >= 0.3 is 18.3 Å². The largest absolute Gasteiger partial charge is 0.462 e. The topological polar surface area (TPSA) is 161 Å². The van der Waals surface area contributed by atoms with E-state index in [4.69, 9.17) is 36.8 Å². The molecule has 0 aliphatic heterocycles. The molecule has 4 N–H and O–H groups in total. The maximum absolute atomic E-state index is 13.4.